The summed E-state index contributed by atoms with van der Waals surface area (Å²) in [6.07, 6.45) is -3.50. The quantitative estimate of drug-likeness (QED) is 0.866. The van der Waals surface area contributed by atoms with Gasteiger partial charge in [-0.3, -0.25) is 4.79 Å². The Kier molecular flexibility index (Phi) is 4.83. The molecule has 0 aliphatic rings. The monoisotopic (exact) mass is 328 g/mol. The number of rotatable bonds is 4. The van der Waals surface area contributed by atoms with Crippen LogP contribution in [0.5, 0.6) is 5.88 Å². The third kappa shape index (κ3) is 4.18. The predicted octanol–water partition coefficient (Wildman–Crippen LogP) is 3.89. The van der Waals surface area contributed by atoms with E-state index in [0.717, 1.165) is 6.07 Å². The Hall–Kier alpha value is -2.64. The van der Waals surface area contributed by atoms with Crippen LogP contribution in [0.3, 0.4) is 0 Å². The Morgan fingerprint density at radius 3 is 2.65 bits per heavy atom. The van der Waals surface area contributed by atoms with E-state index in [1.807, 2.05) is 0 Å². The number of anilines is 1. The summed E-state index contributed by atoms with van der Waals surface area (Å²) >= 11 is 0. The maximum absolute atomic E-state index is 13.2. The van der Waals surface area contributed by atoms with Gasteiger partial charge in [0, 0.05) is 23.5 Å². The number of hydrogen-bond donors (Lipinski definition) is 1. The van der Waals surface area contributed by atoms with Gasteiger partial charge in [0.05, 0.1) is 12.2 Å². The van der Waals surface area contributed by atoms with Crippen LogP contribution in [0.4, 0.5) is 23.2 Å². The average Bonchev–Trinajstić information content (AvgIpc) is 2.48. The number of carbonyl (C=O) groups is 1. The number of aromatic nitrogens is 1. The van der Waals surface area contributed by atoms with E-state index in [9.17, 15) is 22.4 Å². The molecule has 122 valence electrons. The Morgan fingerprint density at radius 1 is 1.26 bits per heavy atom. The van der Waals surface area contributed by atoms with Gasteiger partial charge in [-0.05, 0) is 31.2 Å². The third-order valence-electron chi connectivity index (χ3n) is 2.82. The van der Waals surface area contributed by atoms with Crippen LogP contribution in [0.15, 0.2) is 36.5 Å². The molecule has 8 heteroatoms. The topological polar surface area (TPSA) is 51.2 Å². The molecule has 2 rings (SSSR count). The van der Waals surface area contributed by atoms with Crippen molar-refractivity contribution in [1.29, 1.82) is 0 Å². The molecule has 0 fully saturated rings. The van der Waals surface area contributed by atoms with E-state index < -0.39 is 23.5 Å². The van der Waals surface area contributed by atoms with Gasteiger partial charge < -0.3 is 10.1 Å². The van der Waals surface area contributed by atoms with Crippen LogP contribution in [-0.2, 0) is 6.18 Å². The van der Waals surface area contributed by atoms with Crippen molar-refractivity contribution in [3.8, 4) is 5.88 Å². The highest BCUT2D eigenvalue weighted by atomic mass is 19.4. The molecule has 1 aromatic heterocycles. The maximum Gasteiger partial charge on any atom is 0.419 e. The molecule has 0 aliphatic heterocycles. The summed E-state index contributed by atoms with van der Waals surface area (Å²) in [7, 11) is 0. The number of halogens is 4. The first-order chi connectivity index (χ1) is 10.8. The van der Waals surface area contributed by atoms with Gasteiger partial charge in [-0.2, -0.15) is 13.2 Å². The molecule has 0 atom stereocenters. The zero-order valence-electron chi connectivity index (χ0n) is 11.9. The molecule has 0 aliphatic carbocycles. The normalized spacial score (nSPS) is 11.2. The average molecular weight is 328 g/mol. The lowest BCUT2D eigenvalue weighted by Gasteiger charge is -2.11. The molecule has 1 amide bonds. The van der Waals surface area contributed by atoms with Crippen molar-refractivity contribution in [3.05, 3.63) is 53.5 Å². The molecule has 0 unspecified atom stereocenters. The minimum atomic E-state index is -4.84. The summed E-state index contributed by atoms with van der Waals surface area (Å²) in [5.41, 5.74) is -1.46. The lowest BCUT2D eigenvalue weighted by Crippen LogP contribution is -2.14. The first-order valence-corrected chi connectivity index (χ1v) is 6.58. The minimum absolute atomic E-state index is 0.154. The highest BCUT2D eigenvalue weighted by Gasteiger charge is 2.34. The Bertz CT molecular complexity index is 717. The largest absolute Gasteiger partial charge is 0.478 e. The summed E-state index contributed by atoms with van der Waals surface area (Å²) in [4.78, 5) is 15.9. The molecule has 23 heavy (non-hydrogen) atoms. The van der Waals surface area contributed by atoms with E-state index in [-0.39, 0.29) is 17.1 Å². The molecule has 1 aromatic carbocycles. The fraction of sp³-hybridized carbons (Fsp3) is 0.200. The van der Waals surface area contributed by atoms with Gasteiger partial charge in [-0.25, -0.2) is 9.37 Å². The number of nitrogens with zero attached hydrogens (tertiary/aromatic N) is 1. The lowest BCUT2D eigenvalue weighted by atomic mass is 10.1. The lowest BCUT2D eigenvalue weighted by molar-refractivity contribution is -0.139. The van der Waals surface area contributed by atoms with E-state index in [4.69, 9.17) is 4.74 Å². The van der Waals surface area contributed by atoms with Crippen molar-refractivity contribution in [1.82, 2.24) is 4.98 Å². The summed E-state index contributed by atoms with van der Waals surface area (Å²) in [5, 5.41) is 2.28. The fourth-order valence-corrected chi connectivity index (χ4v) is 1.80. The highest BCUT2D eigenvalue weighted by molar-refractivity contribution is 6.04. The highest BCUT2D eigenvalue weighted by Crippen LogP contribution is 2.33. The molecule has 0 saturated carbocycles. The second-order valence-electron chi connectivity index (χ2n) is 4.46. The third-order valence-corrected chi connectivity index (χ3v) is 2.82. The number of nitrogens with one attached hydrogen (secondary N) is 1. The van der Waals surface area contributed by atoms with Gasteiger partial charge in [0.25, 0.3) is 5.91 Å². The summed E-state index contributed by atoms with van der Waals surface area (Å²) in [6, 6.07) is 4.97. The van der Waals surface area contributed by atoms with Crippen molar-refractivity contribution in [2.45, 2.75) is 13.1 Å². The molecular formula is C15H12F4N2O2. The molecular weight excluding hydrogens is 316 g/mol. The predicted molar refractivity (Wildman–Crippen MR) is 74.8 cm³/mol. The molecule has 0 radical (unpaired) electrons. The van der Waals surface area contributed by atoms with Crippen molar-refractivity contribution < 1.29 is 27.1 Å². The maximum atomic E-state index is 13.2. The van der Waals surface area contributed by atoms with Crippen molar-refractivity contribution in [2.24, 2.45) is 0 Å². The van der Waals surface area contributed by atoms with Crippen molar-refractivity contribution in [3.63, 3.8) is 0 Å². The van der Waals surface area contributed by atoms with E-state index >= 15 is 0 Å². The molecule has 1 N–H and O–H groups in total. The summed E-state index contributed by atoms with van der Waals surface area (Å²) in [6.45, 7) is 2.09. The SMILES string of the molecule is CCOc1cc(C(=O)Nc2ccc(F)c(C(F)(F)F)c2)ccn1. The van der Waals surface area contributed by atoms with Crippen LogP contribution < -0.4 is 10.1 Å². The summed E-state index contributed by atoms with van der Waals surface area (Å²) in [5.74, 6) is -1.85. The van der Waals surface area contributed by atoms with Gasteiger partial charge in [0.2, 0.25) is 5.88 Å². The van der Waals surface area contributed by atoms with E-state index in [1.54, 1.807) is 6.92 Å². The van der Waals surface area contributed by atoms with Crippen LogP contribution in [0.25, 0.3) is 0 Å². The fourth-order valence-electron chi connectivity index (χ4n) is 1.80. The molecule has 1 heterocycles. The smallest absolute Gasteiger partial charge is 0.419 e. The van der Waals surface area contributed by atoms with Gasteiger partial charge >= 0.3 is 6.18 Å². The number of hydrogen-bond acceptors (Lipinski definition) is 3. The zero-order chi connectivity index (χ0) is 17.0. The molecule has 0 spiro atoms. The van der Waals surface area contributed by atoms with Gasteiger partial charge in [-0.15, -0.1) is 0 Å². The second kappa shape index (κ2) is 6.64. The number of carbonyl (C=O) groups excluding carboxylic acids is 1. The van der Waals surface area contributed by atoms with Crippen LogP contribution in [0, 0.1) is 5.82 Å². The van der Waals surface area contributed by atoms with E-state index in [1.165, 1.54) is 18.3 Å². The Balaban J connectivity index is 2.22. The summed E-state index contributed by atoms with van der Waals surface area (Å²) < 4.78 is 56.3. The first-order valence-electron chi connectivity index (χ1n) is 6.58. The number of pyridine rings is 1. The van der Waals surface area contributed by atoms with Crippen molar-refractivity contribution >= 4 is 11.6 Å². The van der Waals surface area contributed by atoms with Crippen molar-refractivity contribution in [2.75, 3.05) is 11.9 Å². The number of alkyl halides is 3. The zero-order valence-corrected chi connectivity index (χ0v) is 11.9. The molecule has 2 aromatic rings. The van der Waals surface area contributed by atoms with Gasteiger partial charge in [-0.1, -0.05) is 0 Å². The van der Waals surface area contributed by atoms with Crippen LogP contribution in [0.2, 0.25) is 0 Å². The Morgan fingerprint density at radius 2 is 2.00 bits per heavy atom. The standard InChI is InChI=1S/C15H12F4N2O2/c1-2-23-13-7-9(5-6-20-13)14(22)21-10-3-4-12(16)11(8-10)15(17,18)19/h3-8H,2H2,1H3,(H,21,22). The minimum Gasteiger partial charge on any atom is -0.478 e. The van der Waals surface area contributed by atoms with Gasteiger partial charge in [0.15, 0.2) is 0 Å². The number of amides is 1. The van der Waals surface area contributed by atoms with E-state index in [2.05, 4.69) is 10.3 Å². The molecule has 0 bridgehead atoms. The first kappa shape index (κ1) is 16.7. The van der Waals surface area contributed by atoms with E-state index in [0.29, 0.717) is 18.7 Å². The van der Waals surface area contributed by atoms with Gasteiger partial charge in [0.1, 0.15) is 5.82 Å². The second-order valence-corrected chi connectivity index (χ2v) is 4.46. The van der Waals surface area contributed by atoms with Crippen LogP contribution >= 0.6 is 0 Å². The molecule has 0 saturated heterocycles. The Labute approximate surface area is 129 Å². The number of benzene rings is 1. The number of ether oxygens (including phenoxy) is 1. The molecule has 4 nitrogen and oxygen atoms in total. The van der Waals surface area contributed by atoms with Crippen LogP contribution in [0.1, 0.15) is 22.8 Å². The van der Waals surface area contributed by atoms with Crippen LogP contribution in [-0.4, -0.2) is 17.5 Å².